The molecule has 0 N–H and O–H groups in total. The molecule has 3 atom stereocenters. The van der Waals surface area contributed by atoms with Gasteiger partial charge < -0.3 is 9.26 Å². The minimum absolute atomic E-state index is 0.103. The average Bonchev–Trinajstić information content (AvgIpc) is 3.20. The lowest BCUT2D eigenvalue weighted by molar-refractivity contribution is -0.490. The van der Waals surface area contributed by atoms with Crippen LogP contribution in [0.15, 0.2) is 28.8 Å². The topological polar surface area (TPSA) is 125 Å². The minimum atomic E-state index is -0.694. The molecule has 1 aromatic heterocycles. The number of halogens is 1. The highest BCUT2D eigenvalue weighted by Crippen LogP contribution is 2.36. The lowest BCUT2D eigenvalue weighted by Crippen LogP contribution is -2.27. The van der Waals surface area contributed by atoms with E-state index < -0.39 is 22.7 Å². The van der Waals surface area contributed by atoms with Crippen LogP contribution < -0.4 is 0 Å². The Labute approximate surface area is 165 Å². The van der Waals surface area contributed by atoms with Crippen molar-refractivity contribution in [2.45, 2.75) is 26.4 Å². The number of carbonyl (C=O) groups is 2. The Kier molecular flexibility index (Phi) is 6.03. The smallest absolute Gasteiger partial charge is 0.307 e. The molecule has 10 heteroatoms. The number of rotatable bonds is 7. The number of ketones is 1. The number of nitro groups is 1. The van der Waals surface area contributed by atoms with Crippen LogP contribution in [0.5, 0.6) is 0 Å². The second-order valence-corrected chi connectivity index (χ2v) is 7.25. The standard InChI is InChI=1S/C18H18ClN3O6/c1-10-6-15(23)13(14(10)8-22(25)26)7-17(24)27-9-16-20-18(21-28-16)11-2-4-12(19)5-3-11/h2-5,10,13-14H,6-9H2,1H3/t10-,13+,14-/m1/s1. The number of nitrogens with zero attached hydrogens (tertiary/aromatic N) is 3. The number of hydrogen-bond acceptors (Lipinski definition) is 8. The van der Waals surface area contributed by atoms with Gasteiger partial charge in [0, 0.05) is 33.8 Å². The molecule has 1 fully saturated rings. The third-order valence-corrected chi connectivity index (χ3v) is 5.11. The number of ether oxygens (including phenoxy) is 1. The van der Waals surface area contributed by atoms with Crippen LogP contribution in [0.3, 0.4) is 0 Å². The van der Waals surface area contributed by atoms with Crippen LogP contribution in [0.25, 0.3) is 11.4 Å². The molecule has 0 amide bonds. The van der Waals surface area contributed by atoms with Gasteiger partial charge in [0.25, 0.3) is 5.89 Å². The van der Waals surface area contributed by atoms with Crippen molar-refractivity contribution < 1.29 is 23.8 Å². The molecule has 0 radical (unpaired) electrons. The largest absolute Gasteiger partial charge is 0.456 e. The minimum Gasteiger partial charge on any atom is -0.456 e. The Balaban J connectivity index is 1.56. The summed E-state index contributed by atoms with van der Waals surface area (Å²) >= 11 is 5.83. The zero-order valence-electron chi connectivity index (χ0n) is 15.0. The molecule has 1 aromatic carbocycles. The van der Waals surface area contributed by atoms with Gasteiger partial charge >= 0.3 is 5.97 Å². The Morgan fingerprint density at radius 3 is 2.79 bits per heavy atom. The van der Waals surface area contributed by atoms with Gasteiger partial charge in [-0.3, -0.25) is 19.7 Å². The number of carbonyl (C=O) groups excluding carboxylic acids is 2. The van der Waals surface area contributed by atoms with Crippen molar-refractivity contribution >= 4 is 23.4 Å². The molecule has 1 aliphatic rings. The van der Waals surface area contributed by atoms with Crippen LogP contribution in [-0.4, -0.2) is 33.4 Å². The molecule has 2 aromatic rings. The normalized spacial score (nSPS) is 21.6. The summed E-state index contributed by atoms with van der Waals surface area (Å²) in [7, 11) is 0. The molecule has 148 valence electrons. The Hall–Kier alpha value is -2.81. The first-order chi connectivity index (χ1) is 13.3. The summed E-state index contributed by atoms with van der Waals surface area (Å²) in [6.45, 7) is 1.21. The molecular weight excluding hydrogens is 390 g/mol. The third-order valence-electron chi connectivity index (χ3n) is 4.86. The zero-order chi connectivity index (χ0) is 20.3. The van der Waals surface area contributed by atoms with E-state index in [1.807, 2.05) is 0 Å². The van der Waals surface area contributed by atoms with Crippen molar-refractivity contribution in [3.05, 3.63) is 45.3 Å². The summed E-state index contributed by atoms with van der Waals surface area (Å²) in [5.74, 6) is -1.63. The second-order valence-electron chi connectivity index (χ2n) is 6.82. The maximum absolute atomic E-state index is 12.1. The van der Waals surface area contributed by atoms with Crippen LogP contribution in [-0.2, 0) is 20.9 Å². The molecule has 3 rings (SSSR count). The first kappa shape index (κ1) is 19.9. The molecule has 0 spiro atoms. The molecule has 0 bridgehead atoms. The second kappa shape index (κ2) is 8.47. The molecule has 0 aliphatic heterocycles. The lowest BCUT2D eigenvalue weighted by atomic mass is 9.88. The van der Waals surface area contributed by atoms with Gasteiger partial charge in [0.05, 0.1) is 6.42 Å². The van der Waals surface area contributed by atoms with Crippen LogP contribution in [0.1, 0.15) is 25.7 Å². The number of aromatic nitrogens is 2. The van der Waals surface area contributed by atoms with E-state index in [-0.39, 0.29) is 43.6 Å². The van der Waals surface area contributed by atoms with E-state index in [1.54, 1.807) is 31.2 Å². The number of benzene rings is 1. The van der Waals surface area contributed by atoms with Crippen molar-refractivity contribution in [3.8, 4) is 11.4 Å². The van der Waals surface area contributed by atoms with Crippen molar-refractivity contribution in [1.82, 2.24) is 10.1 Å². The van der Waals surface area contributed by atoms with Gasteiger partial charge in [-0.2, -0.15) is 4.98 Å². The van der Waals surface area contributed by atoms with Crippen LogP contribution in [0, 0.1) is 27.9 Å². The predicted octanol–water partition coefficient (Wildman–Crippen LogP) is 2.94. The maximum atomic E-state index is 12.1. The highest BCUT2D eigenvalue weighted by atomic mass is 35.5. The summed E-state index contributed by atoms with van der Waals surface area (Å²) < 4.78 is 10.2. The zero-order valence-corrected chi connectivity index (χ0v) is 15.8. The van der Waals surface area contributed by atoms with Crippen molar-refractivity contribution in [2.24, 2.45) is 17.8 Å². The number of Topliss-reactive ketones (excluding diaryl/α,β-unsaturated/α-hetero) is 1. The Morgan fingerprint density at radius 1 is 1.39 bits per heavy atom. The van der Waals surface area contributed by atoms with Gasteiger partial charge in [0.15, 0.2) is 6.61 Å². The summed E-state index contributed by atoms with van der Waals surface area (Å²) in [4.78, 5) is 38.7. The summed E-state index contributed by atoms with van der Waals surface area (Å²) in [6, 6.07) is 6.83. The molecule has 9 nitrogen and oxygen atoms in total. The maximum Gasteiger partial charge on any atom is 0.307 e. The van der Waals surface area contributed by atoms with E-state index in [0.717, 1.165) is 0 Å². The molecule has 0 unspecified atom stereocenters. The summed E-state index contributed by atoms with van der Waals surface area (Å²) in [6.07, 6.45) is 0.0461. The average molecular weight is 408 g/mol. The number of hydrogen-bond donors (Lipinski definition) is 0. The van der Waals surface area contributed by atoms with Crippen LogP contribution in [0.2, 0.25) is 5.02 Å². The third kappa shape index (κ3) is 4.72. The first-order valence-corrected chi connectivity index (χ1v) is 9.10. The van der Waals surface area contributed by atoms with Gasteiger partial charge in [-0.25, -0.2) is 0 Å². The SMILES string of the molecule is C[C@@H]1CC(=O)[C@@H](CC(=O)OCc2nc(-c3ccc(Cl)cc3)no2)[C@@H]1C[N+](=O)[O-]. The quantitative estimate of drug-likeness (QED) is 0.389. The van der Waals surface area contributed by atoms with E-state index >= 15 is 0 Å². The van der Waals surface area contributed by atoms with E-state index in [4.69, 9.17) is 20.9 Å². The van der Waals surface area contributed by atoms with Gasteiger partial charge in [0.1, 0.15) is 5.78 Å². The highest BCUT2D eigenvalue weighted by Gasteiger charge is 2.44. The molecule has 1 saturated carbocycles. The van der Waals surface area contributed by atoms with Crippen molar-refractivity contribution in [2.75, 3.05) is 6.54 Å². The van der Waals surface area contributed by atoms with Gasteiger partial charge in [-0.05, 0) is 30.2 Å². The molecular formula is C18H18ClN3O6. The monoisotopic (exact) mass is 407 g/mol. The fraction of sp³-hybridized carbons (Fsp3) is 0.444. The van der Waals surface area contributed by atoms with E-state index in [2.05, 4.69) is 10.1 Å². The fourth-order valence-corrected chi connectivity index (χ4v) is 3.54. The van der Waals surface area contributed by atoms with Gasteiger partial charge in [0.2, 0.25) is 12.4 Å². The van der Waals surface area contributed by atoms with Crippen LogP contribution >= 0.6 is 11.6 Å². The predicted molar refractivity (Wildman–Crippen MR) is 96.8 cm³/mol. The first-order valence-electron chi connectivity index (χ1n) is 8.72. The Bertz CT molecular complexity index is 882. The number of esters is 1. The summed E-state index contributed by atoms with van der Waals surface area (Å²) in [5, 5.41) is 15.2. The van der Waals surface area contributed by atoms with Crippen LogP contribution in [0.4, 0.5) is 0 Å². The molecule has 28 heavy (non-hydrogen) atoms. The van der Waals surface area contributed by atoms with E-state index in [0.29, 0.717) is 16.4 Å². The highest BCUT2D eigenvalue weighted by molar-refractivity contribution is 6.30. The molecule has 1 aliphatic carbocycles. The molecule has 0 saturated heterocycles. The Morgan fingerprint density at radius 2 is 2.11 bits per heavy atom. The van der Waals surface area contributed by atoms with Gasteiger partial charge in [-0.1, -0.05) is 23.7 Å². The van der Waals surface area contributed by atoms with E-state index in [1.165, 1.54) is 0 Å². The van der Waals surface area contributed by atoms with Crippen molar-refractivity contribution in [3.63, 3.8) is 0 Å². The molecule has 1 heterocycles. The van der Waals surface area contributed by atoms with Gasteiger partial charge in [-0.15, -0.1) is 0 Å². The lowest BCUT2D eigenvalue weighted by Gasteiger charge is -2.16. The fourth-order valence-electron chi connectivity index (χ4n) is 3.41. The van der Waals surface area contributed by atoms with Crippen molar-refractivity contribution in [1.29, 1.82) is 0 Å². The summed E-state index contributed by atoms with van der Waals surface area (Å²) in [5.41, 5.74) is 0.693. The van der Waals surface area contributed by atoms with E-state index in [9.17, 15) is 19.7 Å².